The number of halogens is 1. The lowest BCUT2D eigenvalue weighted by molar-refractivity contribution is -0.118. The Kier molecular flexibility index (Phi) is 6.41. The minimum Gasteiger partial charge on any atom is -0.442 e. The fourth-order valence-electron chi connectivity index (χ4n) is 2.60. The molecule has 1 saturated heterocycles. The van der Waals surface area contributed by atoms with Gasteiger partial charge in [0.25, 0.3) is 0 Å². The van der Waals surface area contributed by atoms with Crippen LogP contribution in [-0.2, 0) is 15.3 Å². The molecule has 0 aromatic heterocycles. The molecular formula is C19H19ClN2O3S. The van der Waals surface area contributed by atoms with Gasteiger partial charge in [-0.15, -0.1) is 11.8 Å². The van der Waals surface area contributed by atoms with Gasteiger partial charge in [0.1, 0.15) is 6.10 Å². The number of hydrogen-bond acceptors (Lipinski definition) is 4. The molecule has 5 nitrogen and oxygen atoms in total. The molecule has 2 amide bonds. The van der Waals surface area contributed by atoms with Crippen molar-refractivity contribution in [2.24, 2.45) is 0 Å². The van der Waals surface area contributed by atoms with Gasteiger partial charge in [0, 0.05) is 16.5 Å². The molecule has 1 fully saturated rings. The van der Waals surface area contributed by atoms with Crippen molar-refractivity contribution in [3.05, 3.63) is 65.2 Å². The molecule has 1 atom stereocenters. The van der Waals surface area contributed by atoms with E-state index >= 15 is 0 Å². The number of nitrogens with zero attached hydrogens (tertiary/aromatic N) is 1. The zero-order valence-corrected chi connectivity index (χ0v) is 15.6. The number of nitrogens with one attached hydrogen (secondary N) is 1. The van der Waals surface area contributed by atoms with Crippen molar-refractivity contribution in [2.45, 2.75) is 11.9 Å². The van der Waals surface area contributed by atoms with Crippen molar-refractivity contribution in [3.8, 4) is 0 Å². The summed E-state index contributed by atoms with van der Waals surface area (Å²) < 4.78 is 5.31. The molecule has 1 heterocycles. The first-order valence-corrected chi connectivity index (χ1v) is 9.77. The van der Waals surface area contributed by atoms with E-state index in [0.29, 0.717) is 29.6 Å². The zero-order valence-electron chi connectivity index (χ0n) is 14.1. The normalized spacial score (nSPS) is 16.4. The number of amides is 2. The van der Waals surface area contributed by atoms with Crippen molar-refractivity contribution in [1.29, 1.82) is 0 Å². The van der Waals surface area contributed by atoms with Crippen molar-refractivity contribution in [3.63, 3.8) is 0 Å². The Hall–Kier alpha value is -2.18. The van der Waals surface area contributed by atoms with Crippen LogP contribution in [0.15, 0.2) is 54.6 Å². The van der Waals surface area contributed by atoms with E-state index in [1.54, 1.807) is 36.0 Å². The highest BCUT2D eigenvalue weighted by molar-refractivity contribution is 7.99. The van der Waals surface area contributed by atoms with Crippen LogP contribution in [0.3, 0.4) is 0 Å². The standard InChI is InChI=1S/C19H19ClN2O3S/c20-15-7-4-8-16(9-15)22-11-17(25-19(22)24)10-21-18(23)13-26-12-14-5-2-1-3-6-14/h1-9,17H,10-13H2,(H,21,23)/t17-/m1/s1. The summed E-state index contributed by atoms with van der Waals surface area (Å²) in [6, 6.07) is 17.0. The monoisotopic (exact) mass is 390 g/mol. The van der Waals surface area contributed by atoms with Crippen molar-refractivity contribution in [1.82, 2.24) is 5.32 Å². The highest BCUT2D eigenvalue weighted by Gasteiger charge is 2.32. The summed E-state index contributed by atoms with van der Waals surface area (Å²) in [4.78, 5) is 25.5. The van der Waals surface area contributed by atoms with Gasteiger partial charge >= 0.3 is 6.09 Å². The van der Waals surface area contributed by atoms with Crippen LogP contribution in [0.1, 0.15) is 5.56 Å². The summed E-state index contributed by atoms with van der Waals surface area (Å²) in [5.74, 6) is 1.09. The van der Waals surface area contributed by atoms with E-state index in [0.717, 1.165) is 5.75 Å². The van der Waals surface area contributed by atoms with Crippen LogP contribution in [0.5, 0.6) is 0 Å². The van der Waals surface area contributed by atoms with Crippen LogP contribution in [0.25, 0.3) is 0 Å². The first-order valence-electron chi connectivity index (χ1n) is 8.24. The Morgan fingerprint density at radius 1 is 1.23 bits per heavy atom. The van der Waals surface area contributed by atoms with Gasteiger partial charge < -0.3 is 10.1 Å². The maximum atomic E-state index is 12.0. The smallest absolute Gasteiger partial charge is 0.414 e. The number of anilines is 1. The summed E-state index contributed by atoms with van der Waals surface area (Å²) in [5, 5.41) is 3.38. The van der Waals surface area contributed by atoms with Gasteiger partial charge in [0.2, 0.25) is 5.91 Å². The SMILES string of the molecule is O=C(CSCc1ccccc1)NC[C@@H]1CN(c2cccc(Cl)c2)C(=O)O1. The van der Waals surface area contributed by atoms with E-state index in [9.17, 15) is 9.59 Å². The summed E-state index contributed by atoms with van der Waals surface area (Å²) in [6.07, 6.45) is -0.797. The van der Waals surface area contributed by atoms with Gasteiger partial charge in [-0.3, -0.25) is 9.69 Å². The largest absolute Gasteiger partial charge is 0.442 e. The second kappa shape index (κ2) is 8.96. The predicted molar refractivity (Wildman–Crippen MR) is 105 cm³/mol. The number of carbonyl (C=O) groups excluding carboxylic acids is 2. The second-order valence-corrected chi connectivity index (χ2v) is 7.30. The fraction of sp³-hybridized carbons (Fsp3) is 0.263. The molecule has 3 rings (SSSR count). The molecule has 0 unspecified atom stereocenters. The third-order valence-corrected chi connectivity index (χ3v) is 5.10. The second-order valence-electron chi connectivity index (χ2n) is 5.88. The molecule has 0 bridgehead atoms. The molecule has 1 aliphatic rings. The number of carbonyl (C=O) groups is 2. The Balaban J connectivity index is 1.41. The maximum Gasteiger partial charge on any atom is 0.414 e. The lowest BCUT2D eigenvalue weighted by Gasteiger charge is -2.13. The molecule has 1 aliphatic heterocycles. The summed E-state index contributed by atoms with van der Waals surface area (Å²) in [6.45, 7) is 0.685. The van der Waals surface area contributed by atoms with Gasteiger partial charge in [-0.1, -0.05) is 48.0 Å². The Morgan fingerprint density at radius 3 is 2.81 bits per heavy atom. The van der Waals surface area contributed by atoms with E-state index < -0.39 is 6.09 Å². The van der Waals surface area contributed by atoms with E-state index in [1.165, 1.54) is 10.5 Å². The number of benzene rings is 2. The van der Waals surface area contributed by atoms with Crippen molar-refractivity contribution in [2.75, 3.05) is 23.7 Å². The maximum absolute atomic E-state index is 12.0. The average Bonchev–Trinajstić information content (AvgIpc) is 3.02. The van der Waals surface area contributed by atoms with Crippen molar-refractivity contribution >= 4 is 41.1 Å². The van der Waals surface area contributed by atoms with Crippen LogP contribution in [0.2, 0.25) is 5.02 Å². The van der Waals surface area contributed by atoms with E-state index in [4.69, 9.17) is 16.3 Å². The van der Waals surface area contributed by atoms with Crippen LogP contribution >= 0.6 is 23.4 Å². The summed E-state index contributed by atoms with van der Waals surface area (Å²) >= 11 is 7.52. The first kappa shape index (κ1) is 18.6. The minimum atomic E-state index is -0.426. The molecule has 7 heteroatoms. The van der Waals surface area contributed by atoms with E-state index in [1.807, 2.05) is 30.3 Å². The van der Waals surface area contributed by atoms with E-state index in [2.05, 4.69) is 5.32 Å². The number of rotatable bonds is 7. The molecule has 0 radical (unpaired) electrons. The minimum absolute atomic E-state index is 0.0665. The van der Waals surface area contributed by atoms with Gasteiger partial charge in [-0.05, 0) is 23.8 Å². The first-order chi connectivity index (χ1) is 12.6. The van der Waals surface area contributed by atoms with Crippen molar-refractivity contribution < 1.29 is 14.3 Å². The Morgan fingerprint density at radius 2 is 2.04 bits per heavy atom. The molecule has 1 N–H and O–H groups in total. The van der Waals surface area contributed by atoms with E-state index in [-0.39, 0.29) is 12.0 Å². The van der Waals surface area contributed by atoms with Gasteiger partial charge in [-0.2, -0.15) is 0 Å². The van der Waals surface area contributed by atoms with Gasteiger partial charge in [0.05, 0.1) is 18.8 Å². The number of ether oxygens (including phenoxy) is 1. The molecule has 2 aromatic carbocycles. The molecule has 0 aliphatic carbocycles. The topological polar surface area (TPSA) is 58.6 Å². The predicted octanol–water partition coefficient (Wildman–Crippen LogP) is 3.71. The fourth-order valence-corrected chi connectivity index (χ4v) is 3.60. The molecule has 26 heavy (non-hydrogen) atoms. The Labute approximate surface area is 161 Å². The Bertz CT molecular complexity index is 772. The highest BCUT2D eigenvalue weighted by Crippen LogP contribution is 2.24. The lowest BCUT2D eigenvalue weighted by atomic mass is 10.2. The van der Waals surface area contributed by atoms with Crippen LogP contribution in [0, 0.1) is 0 Å². The summed E-state index contributed by atoms with van der Waals surface area (Å²) in [5.41, 5.74) is 1.88. The molecule has 0 saturated carbocycles. The van der Waals surface area contributed by atoms with Gasteiger partial charge in [-0.25, -0.2) is 4.79 Å². The third kappa shape index (κ3) is 5.16. The quantitative estimate of drug-likeness (QED) is 0.782. The van der Waals surface area contributed by atoms with Crippen LogP contribution < -0.4 is 10.2 Å². The van der Waals surface area contributed by atoms with Crippen LogP contribution in [0.4, 0.5) is 10.5 Å². The number of thioether (sulfide) groups is 1. The molecule has 0 spiro atoms. The van der Waals surface area contributed by atoms with Crippen LogP contribution in [-0.4, -0.2) is 36.9 Å². The van der Waals surface area contributed by atoms with Gasteiger partial charge in [0.15, 0.2) is 0 Å². The molecule has 2 aromatic rings. The highest BCUT2D eigenvalue weighted by atomic mass is 35.5. The summed E-state index contributed by atoms with van der Waals surface area (Å²) in [7, 11) is 0. The number of hydrogen-bond donors (Lipinski definition) is 1. The lowest BCUT2D eigenvalue weighted by Crippen LogP contribution is -2.35. The zero-order chi connectivity index (χ0) is 18.4. The third-order valence-electron chi connectivity index (χ3n) is 3.87. The average molecular weight is 391 g/mol. The molecular weight excluding hydrogens is 372 g/mol. The molecule has 136 valence electrons. The number of cyclic esters (lactones) is 1.